The van der Waals surface area contributed by atoms with E-state index in [4.69, 9.17) is 9.47 Å². The molecule has 1 aromatic carbocycles. The average Bonchev–Trinajstić information content (AvgIpc) is 2.74. The second-order valence-corrected chi connectivity index (χ2v) is 4.82. The molecule has 1 aliphatic carbocycles. The summed E-state index contributed by atoms with van der Waals surface area (Å²) in [5.41, 5.74) is 0.819. The molecule has 0 spiro atoms. The van der Waals surface area contributed by atoms with Gasteiger partial charge in [-0.15, -0.1) is 0 Å². The number of hydrogen-bond acceptors (Lipinski definition) is 3. The Morgan fingerprint density at radius 3 is 2.89 bits per heavy atom. The predicted molar refractivity (Wildman–Crippen MR) is 68.0 cm³/mol. The highest BCUT2D eigenvalue weighted by Crippen LogP contribution is 2.39. The van der Waals surface area contributed by atoms with Gasteiger partial charge in [-0.05, 0) is 31.4 Å². The predicted octanol–water partition coefficient (Wildman–Crippen LogP) is 2.96. The van der Waals surface area contributed by atoms with Crippen LogP contribution in [0.2, 0.25) is 0 Å². The standard InChI is InChI=1S/C14H17NO3/c1-17-12-8-4-2-6-10(12)15-11-7-3-5-9-13(11)18-14(15)16/h2,4,6,8,11,13H,3,5,7,9H2,1H3/t11?,13-/m1/s1. The first-order valence-electron chi connectivity index (χ1n) is 6.44. The highest BCUT2D eigenvalue weighted by molar-refractivity contribution is 5.92. The van der Waals surface area contributed by atoms with Gasteiger partial charge in [0.05, 0.1) is 18.8 Å². The summed E-state index contributed by atoms with van der Waals surface area (Å²) in [6.45, 7) is 0. The van der Waals surface area contributed by atoms with Crippen LogP contribution in [0.5, 0.6) is 5.75 Å². The second-order valence-electron chi connectivity index (χ2n) is 4.82. The van der Waals surface area contributed by atoms with Gasteiger partial charge >= 0.3 is 6.09 Å². The summed E-state index contributed by atoms with van der Waals surface area (Å²) >= 11 is 0. The largest absolute Gasteiger partial charge is 0.495 e. The number of anilines is 1. The molecule has 96 valence electrons. The van der Waals surface area contributed by atoms with Gasteiger partial charge in [0.15, 0.2) is 0 Å². The minimum Gasteiger partial charge on any atom is -0.495 e. The minimum absolute atomic E-state index is 0.0520. The Balaban J connectivity index is 1.97. The van der Waals surface area contributed by atoms with Gasteiger partial charge in [0.1, 0.15) is 11.9 Å². The maximum absolute atomic E-state index is 12.1. The Bertz CT molecular complexity index is 460. The summed E-state index contributed by atoms with van der Waals surface area (Å²) in [4.78, 5) is 13.8. The van der Waals surface area contributed by atoms with E-state index in [0.717, 1.165) is 37.1 Å². The number of carbonyl (C=O) groups excluding carboxylic acids is 1. The van der Waals surface area contributed by atoms with Gasteiger partial charge in [-0.2, -0.15) is 0 Å². The lowest BCUT2D eigenvalue weighted by Gasteiger charge is -2.28. The number of nitrogens with zero attached hydrogens (tertiary/aromatic N) is 1. The number of hydrogen-bond donors (Lipinski definition) is 0. The maximum Gasteiger partial charge on any atom is 0.415 e. The summed E-state index contributed by atoms with van der Waals surface area (Å²) in [5.74, 6) is 0.723. The molecule has 2 atom stereocenters. The van der Waals surface area contributed by atoms with Gasteiger partial charge < -0.3 is 9.47 Å². The lowest BCUT2D eigenvalue weighted by molar-refractivity contribution is 0.113. The van der Waals surface area contributed by atoms with Crippen molar-refractivity contribution in [1.29, 1.82) is 0 Å². The lowest BCUT2D eigenvalue weighted by Crippen LogP contribution is -2.38. The van der Waals surface area contributed by atoms with Crippen LogP contribution in [0.4, 0.5) is 10.5 Å². The van der Waals surface area contributed by atoms with Crippen molar-refractivity contribution in [2.75, 3.05) is 12.0 Å². The van der Waals surface area contributed by atoms with Crippen molar-refractivity contribution in [3.63, 3.8) is 0 Å². The van der Waals surface area contributed by atoms with Crippen molar-refractivity contribution in [2.45, 2.75) is 37.8 Å². The van der Waals surface area contributed by atoms with Crippen molar-refractivity contribution < 1.29 is 14.3 Å². The van der Waals surface area contributed by atoms with Gasteiger partial charge in [-0.3, -0.25) is 4.90 Å². The van der Waals surface area contributed by atoms with Crippen LogP contribution in [-0.4, -0.2) is 25.3 Å². The van der Waals surface area contributed by atoms with E-state index in [1.165, 1.54) is 0 Å². The van der Waals surface area contributed by atoms with E-state index in [0.29, 0.717) is 0 Å². The third-order valence-corrected chi connectivity index (χ3v) is 3.79. The first-order chi connectivity index (χ1) is 8.81. The van der Waals surface area contributed by atoms with Gasteiger partial charge in [0.2, 0.25) is 0 Å². The molecule has 1 saturated heterocycles. The summed E-state index contributed by atoms with van der Waals surface area (Å²) in [7, 11) is 1.62. The fourth-order valence-electron chi connectivity index (χ4n) is 2.94. The third kappa shape index (κ3) is 1.72. The van der Waals surface area contributed by atoms with Gasteiger partial charge in [0, 0.05) is 0 Å². The normalized spacial score (nSPS) is 26.7. The molecule has 4 nitrogen and oxygen atoms in total. The number of amides is 1. The van der Waals surface area contributed by atoms with E-state index >= 15 is 0 Å². The van der Waals surface area contributed by atoms with E-state index in [1.807, 2.05) is 24.3 Å². The molecule has 0 bridgehead atoms. The van der Waals surface area contributed by atoms with Crippen LogP contribution >= 0.6 is 0 Å². The van der Waals surface area contributed by atoms with E-state index in [1.54, 1.807) is 12.0 Å². The zero-order valence-corrected chi connectivity index (χ0v) is 10.5. The number of para-hydroxylation sites is 2. The van der Waals surface area contributed by atoms with Crippen molar-refractivity contribution in [2.24, 2.45) is 0 Å². The van der Waals surface area contributed by atoms with Crippen molar-refractivity contribution in [3.8, 4) is 5.75 Å². The van der Waals surface area contributed by atoms with Crippen molar-refractivity contribution >= 4 is 11.8 Å². The first-order valence-corrected chi connectivity index (χ1v) is 6.44. The number of methoxy groups -OCH3 is 1. The van der Waals surface area contributed by atoms with E-state index < -0.39 is 0 Å². The number of benzene rings is 1. The molecule has 0 radical (unpaired) electrons. The number of fused-ring (bicyclic) bond motifs is 1. The molecule has 1 aromatic rings. The van der Waals surface area contributed by atoms with Gasteiger partial charge in [-0.25, -0.2) is 4.79 Å². The van der Waals surface area contributed by atoms with Crippen molar-refractivity contribution in [1.82, 2.24) is 0 Å². The molecule has 18 heavy (non-hydrogen) atoms. The molecule has 0 aromatic heterocycles. The quantitative estimate of drug-likeness (QED) is 0.806. The van der Waals surface area contributed by atoms with Crippen molar-refractivity contribution in [3.05, 3.63) is 24.3 Å². The van der Waals surface area contributed by atoms with E-state index in [-0.39, 0.29) is 18.2 Å². The SMILES string of the molecule is COc1ccccc1N1C(=O)O[C@@H]2CCCCC21. The summed E-state index contributed by atoms with van der Waals surface area (Å²) in [5, 5.41) is 0. The molecule has 1 saturated carbocycles. The van der Waals surface area contributed by atoms with Crippen LogP contribution in [0.15, 0.2) is 24.3 Å². The van der Waals surface area contributed by atoms with Crippen LogP contribution in [0.3, 0.4) is 0 Å². The van der Waals surface area contributed by atoms with Crippen LogP contribution in [-0.2, 0) is 4.74 Å². The maximum atomic E-state index is 12.1. The summed E-state index contributed by atoms with van der Waals surface area (Å²) < 4.78 is 10.8. The number of ether oxygens (including phenoxy) is 2. The fourth-order valence-corrected chi connectivity index (χ4v) is 2.94. The molecule has 1 heterocycles. The van der Waals surface area contributed by atoms with E-state index in [2.05, 4.69) is 0 Å². The third-order valence-electron chi connectivity index (χ3n) is 3.79. The zero-order valence-electron chi connectivity index (χ0n) is 10.5. The topological polar surface area (TPSA) is 38.8 Å². The summed E-state index contributed by atoms with van der Waals surface area (Å²) in [6.07, 6.45) is 4.10. The smallest absolute Gasteiger partial charge is 0.415 e. The van der Waals surface area contributed by atoms with Gasteiger partial charge in [-0.1, -0.05) is 18.6 Å². The fraction of sp³-hybridized carbons (Fsp3) is 0.500. The Morgan fingerprint density at radius 1 is 1.28 bits per heavy atom. The molecule has 1 aliphatic heterocycles. The van der Waals surface area contributed by atoms with Crippen LogP contribution in [0, 0.1) is 0 Å². The molecule has 1 unspecified atom stereocenters. The Morgan fingerprint density at radius 2 is 2.06 bits per heavy atom. The zero-order chi connectivity index (χ0) is 12.5. The van der Waals surface area contributed by atoms with Crippen LogP contribution < -0.4 is 9.64 Å². The lowest BCUT2D eigenvalue weighted by atomic mass is 9.92. The Hall–Kier alpha value is -1.71. The van der Waals surface area contributed by atoms with E-state index in [9.17, 15) is 4.79 Å². The molecule has 4 heteroatoms. The average molecular weight is 247 g/mol. The Kier molecular flexibility index (Phi) is 2.86. The highest BCUT2D eigenvalue weighted by atomic mass is 16.6. The molecule has 0 N–H and O–H groups in total. The molecular weight excluding hydrogens is 230 g/mol. The monoisotopic (exact) mass is 247 g/mol. The molecule has 2 aliphatic rings. The van der Waals surface area contributed by atoms with Crippen LogP contribution in [0.25, 0.3) is 0 Å². The summed E-state index contributed by atoms with van der Waals surface area (Å²) in [6, 6.07) is 7.78. The molecule has 1 amide bonds. The highest BCUT2D eigenvalue weighted by Gasteiger charge is 2.44. The molecule has 3 rings (SSSR count). The first kappa shape index (κ1) is 11.4. The second kappa shape index (κ2) is 4.52. The number of rotatable bonds is 2. The molecule has 2 fully saturated rings. The molecular formula is C14H17NO3. The van der Waals surface area contributed by atoms with Gasteiger partial charge in [0.25, 0.3) is 0 Å². The van der Waals surface area contributed by atoms with Crippen LogP contribution in [0.1, 0.15) is 25.7 Å². The Labute approximate surface area is 106 Å². The minimum atomic E-state index is -0.239. The number of carbonyl (C=O) groups is 1.